The van der Waals surface area contributed by atoms with Gasteiger partial charge in [-0.15, -0.1) is 0 Å². The van der Waals surface area contributed by atoms with E-state index in [-0.39, 0.29) is 29.7 Å². The Morgan fingerprint density at radius 3 is 2.14 bits per heavy atom. The summed E-state index contributed by atoms with van der Waals surface area (Å²) in [6.07, 6.45) is 3.01. The van der Waals surface area contributed by atoms with Crippen molar-refractivity contribution in [2.75, 3.05) is 13.1 Å². The third kappa shape index (κ3) is 5.68. The molecule has 2 aliphatic heterocycles. The first kappa shape index (κ1) is 23.1. The summed E-state index contributed by atoms with van der Waals surface area (Å²) in [4.78, 5) is 51.4. The molecule has 0 saturated carbocycles. The minimum absolute atomic E-state index is 0.0588. The van der Waals surface area contributed by atoms with E-state index in [2.05, 4.69) is 16.0 Å². The van der Waals surface area contributed by atoms with E-state index in [0.29, 0.717) is 13.0 Å². The van der Waals surface area contributed by atoms with Crippen molar-refractivity contribution in [3.63, 3.8) is 0 Å². The highest BCUT2D eigenvalue weighted by molar-refractivity contribution is 5.94. The highest BCUT2D eigenvalue weighted by atomic mass is 16.4. The maximum Gasteiger partial charge on any atom is 0.326 e. The Morgan fingerprint density at radius 2 is 1.62 bits per heavy atom. The zero-order chi connectivity index (χ0) is 21.7. The van der Waals surface area contributed by atoms with Gasteiger partial charge in [-0.1, -0.05) is 27.7 Å². The van der Waals surface area contributed by atoms with Gasteiger partial charge in [0.05, 0.1) is 6.04 Å². The molecule has 0 aromatic rings. The minimum atomic E-state index is -1.11. The van der Waals surface area contributed by atoms with Crippen LogP contribution in [-0.4, -0.2) is 71.0 Å². The number of amides is 3. The molecule has 3 amide bonds. The van der Waals surface area contributed by atoms with Gasteiger partial charge in [0, 0.05) is 6.54 Å². The highest BCUT2D eigenvalue weighted by Gasteiger charge is 2.39. The molecule has 0 radical (unpaired) electrons. The first-order valence-corrected chi connectivity index (χ1v) is 10.5. The van der Waals surface area contributed by atoms with Crippen molar-refractivity contribution in [1.82, 2.24) is 20.9 Å². The number of aliphatic carboxylic acids is 1. The normalized spacial score (nSPS) is 23.9. The monoisotopic (exact) mass is 410 g/mol. The third-order valence-corrected chi connectivity index (χ3v) is 5.67. The molecule has 4 N–H and O–H groups in total. The summed E-state index contributed by atoms with van der Waals surface area (Å²) in [7, 11) is 0. The number of carbonyl (C=O) groups excluding carboxylic acids is 3. The summed E-state index contributed by atoms with van der Waals surface area (Å²) in [5, 5.41) is 17.8. The Balaban J connectivity index is 2.05. The second-order valence-electron chi connectivity index (χ2n) is 8.64. The zero-order valence-corrected chi connectivity index (χ0v) is 17.7. The number of hydrogen-bond donors (Lipinski definition) is 4. The summed E-state index contributed by atoms with van der Waals surface area (Å²) in [6.45, 7) is 8.33. The van der Waals surface area contributed by atoms with E-state index < -0.39 is 30.0 Å². The van der Waals surface area contributed by atoms with Gasteiger partial charge in [-0.2, -0.15) is 0 Å². The maximum absolute atomic E-state index is 12.9. The van der Waals surface area contributed by atoms with Crippen molar-refractivity contribution in [1.29, 1.82) is 0 Å². The number of rotatable bonds is 8. The standard InChI is InChI=1S/C20H34N4O5/c1-11(2)15(18(26)23-16(12(3)4)20(28)29)22-17(25)14-8-6-10-24(14)19(27)13-7-5-9-21-13/h11-16,21H,5-10H2,1-4H3,(H,22,25)(H,23,26)(H,28,29)/t13-,14-,15-,16-/m0/s1. The zero-order valence-electron chi connectivity index (χ0n) is 17.7. The van der Waals surface area contributed by atoms with Crippen molar-refractivity contribution in [3.8, 4) is 0 Å². The molecule has 2 aliphatic rings. The van der Waals surface area contributed by atoms with Crippen LogP contribution in [0.4, 0.5) is 0 Å². The van der Waals surface area contributed by atoms with Gasteiger partial charge in [-0.25, -0.2) is 4.79 Å². The summed E-state index contributed by atoms with van der Waals surface area (Å²) in [5.74, 6) is -2.58. The van der Waals surface area contributed by atoms with Gasteiger partial charge in [-0.3, -0.25) is 14.4 Å². The van der Waals surface area contributed by atoms with Crippen LogP contribution in [0.2, 0.25) is 0 Å². The van der Waals surface area contributed by atoms with Crippen LogP contribution in [0.1, 0.15) is 53.4 Å². The lowest BCUT2D eigenvalue weighted by atomic mass is 9.99. The number of likely N-dealkylation sites (tertiary alicyclic amines) is 1. The van der Waals surface area contributed by atoms with Crippen LogP contribution in [-0.2, 0) is 19.2 Å². The average molecular weight is 411 g/mol. The number of carboxylic acids is 1. The fourth-order valence-corrected chi connectivity index (χ4v) is 3.94. The quantitative estimate of drug-likeness (QED) is 0.449. The Hall–Kier alpha value is -2.16. The summed E-state index contributed by atoms with van der Waals surface area (Å²) < 4.78 is 0. The van der Waals surface area contributed by atoms with Gasteiger partial charge >= 0.3 is 5.97 Å². The lowest BCUT2D eigenvalue weighted by molar-refractivity contribution is -0.144. The van der Waals surface area contributed by atoms with Crippen molar-refractivity contribution in [2.45, 2.75) is 77.5 Å². The van der Waals surface area contributed by atoms with Crippen LogP contribution >= 0.6 is 0 Å². The molecule has 0 spiro atoms. The van der Waals surface area contributed by atoms with E-state index in [0.717, 1.165) is 25.8 Å². The number of carbonyl (C=O) groups is 4. The molecule has 164 valence electrons. The third-order valence-electron chi connectivity index (χ3n) is 5.67. The van der Waals surface area contributed by atoms with Crippen molar-refractivity contribution in [2.24, 2.45) is 11.8 Å². The molecule has 0 unspecified atom stereocenters. The van der Waals surface area contributed by atoms with E-state index in [1.165, 1.54) is 0 Å². The minimum Gasteiger partial charge on any atom is -0.480 e. The van der Waals surface area contributed by atoms with Gasteiger partial charge in [0.1, 0.15) is 18.1 Å². The van der Waals surface area contributed by atoms with Gasteiger partial charge in [-0.05, 0) is 44.1 Å². The Morgan fingerprint density at radius 1 is 0.966 bits per heavy atom. The molecule has 0 bridgehead atoms. The molecule has 2 fully saturated rings. The SMILES string of the molecule is CC(C)[C@H](NC(=O)[C@@H](NC(=O)[C@@H]1CCCN1C(=O)[C@@H]1CCCN1)C(C)C)C(=O)O. The predicted octanol–water partition coefficient (Wildman–Crippen LogP) is 0.0956. The second-order valence-corrected chi connectivity index (χ2v) is 8.64. The first-order valence-electron chi connectivity index (χ1n) is 10.5. The molecule has 4 atom stereocenters. The van der Waals surface area contributed by atoms with Crippen LogP contribution in [0.5, 0.6) is 0 Å². The maximum atomic E-state index is 12.9. The molecule has 2 rings (SSSR count). The van der Waals surface area contributed by atoms with E-state index in [9.17, 15) is 24.3 Å². The van der Waals surface area contributed by atoms with Crippen molar-refractivity contribution in [3.05, 3.63) is 0 Å². The van der Waals surface area contributed by atoms with Crippen molar-refractivity contribution < 1.29 is 24.3 Å². The molecular formula is C20H34N4O5. The highest BCUT2D eigenvalue weighted by Crippen LogP contribution is 2.21. The van der Waals surface area contributed by atoms with Crippen LogP contribution in [0.15, 0.2) is 0 Å². The number of nitrogens with zero attached hydrogens (tertiary/aromatic N) is 1. The van der Waals surface area contributed by atoms with Crippen LogP contribution in [0.3, 0.4) is 0 Å². The number of carboxylic acid groups (broad SMARTS) is 1. The van der Waals surface area contributed by atoms with E-state index in [1.54, 1.807) is 32.6 Å². The summed E-state index contributed by atoms with van der Waals surface area (Å²) in [6, 6.07) is -2.74. The van der Waals surface area contributed by atoms with Crippen LogP contribution < -0.4 is 16.0 Å². The Labute approximate surface area is 172 Å². The molecule has 9 nitrogen and oxygen atoms in total. The summed E-state index contributed by atoms with van der Waals surface area (Å²) in [5.41, 5.74) is 0. The summed E-state index contributed by atoms with van der Waals surface area (Å²) >= 11 is 0. The fourth-order valence-electron chi connectivity index (χ4n) is 3.94. The largest absolute Gasteiger partial charge is 0.480 e. The Bertz CT molecular complexity index is 630. The molecule has 9 heteroatoms. The lowest BCUT2D eigenvalue weighted by Gasteiger charge is -2.30. The van der Waals surface area contributed by atoms with Gasteiger partial charge in [0.2, 0.25) is 17.7 Å². The van der Waals surface area contributed by atoms with E-state index in [4.69, 9.17) is 0 Å². The van der Waals surface area contributed by atoms with Gasteiger partial charge in [0.25, 0.3) is 0 Å². The van der Waals surface area contributed by atoms with Crippen LogP contribution in [0, 0.1) is 11.8 Å². The van der Waals surface area contributed by atoms with Crippen molar-refractivity contribution >= 4 is 23.7 Å². The molecule has 0 aliphatic carbocycles. The molecule has 0 aromatic carbocycles. The fraction of sp³-hybridized carbons (Fsp3) is 0.800. The van der Waals surface area contributed by atoms with Gasteiger partial charge < -0.3 is 26.0 Å². The molecule has 2 heterocycles. The van der Waals surface area contributed by atoms with E-state index in [1.807, 2.05) is 0 Å². The Kier molecular flexibility index (Phi) is 8.01. The molecular weight excluding hydrogens is 376 g/mol. The first-order chi connectivity index (χ1) is 13.6. The predicted molar refractivity (Wildman–Crippen MR) is 107 cm³/mol. The van der Waals surface area contributed by atoms with E-state index >= 15 is 0 Å². The topological polar surface area (TPSA) is 128 Å². The molecule has 0 aromatic heterocycles. The lowest BCUT2D eigenvalue weighted by Crippen LogP contribution is -2.58. The molecule has 29 heavy (non-hydrogen) atoms. The van der Waals surface area contributed by atoms with Gasteiger partial charge in [0.15, 0.2) is 0 Å². The number of nitrogens with one attached hydrogen (secondary N) is 3. The second kappa shape index (κ2) is 10.0. The smallest absolute Gasteiger partial charge is 0.326 e. The number of hydrogen-bond acceptors (Lipinski definition) is 5. The molecule has 2 saturated heterocycles. The average Bonchev–Trinajstić information content (AvgIpc) is 3.34. The van der Waals surface area contributed by atoms with Crippen LogP contribution in [0.25, 0.3) is 0 Å².